The normalized spacial score (nSPS) is 19.3. The van der Waals surface area contributed by atoms with E-state index in [1.54, 1.807) is 0 Å². The van der Waals surface area contributed by atoms with Crippen molar-refractivity contribution in [3.05, 3.63) is 76.4 Å². The number of nitrogens with one attached hydrogen (secondary N) is 1. The molecule has 3 heterocycles. The Bertz CT molecular complexity index is 1390. The number of imidazole rings is 1. The molecule has 6 rings (SSSR count). The summed E-state index contributed by atoms with van der Waals surface area (Å²) in [5.74, 6) is 0.954. The first-order chi connectivity index (χ1) is 17.2. The van der Waals surface area contributed by atoms with Crippen LogP contribution in [0.1, 0.15) is 54.3 Å². The topological polar surface area (TPSA) is 84.1 Å². The maximum absolute atomic E-state index is 13.3. The lowest BCUT2D eigenvalue weighted by Gasteiger charge is -2.32. The Kier molecular flexibility index (Phi) is 5.86. The number of aromatic nitrogens is 3. The van der Waals surface area contributed by atoms with E-state index in [0.717, 1.165) is 80.5 Å². The molecular formula is C28H30N4O3. The molecule has 0 spiro atoms. The molecule has 1 aliphatic carbocycles. The number of piperidine rings is 1. The average molecular weight is 471 g/mol. The van der Waals surface area contributed by atoms with Gasteiger partial charge in [0.25, 0.3) is 0 Å². The van der Waals surface area contributed by atoms with Crippen LogP contribution in [-0.4, -0.2) is 45.0 Å². The minimum atomic E-state index is -0.0107. The number of ketones is 1. The largest absolute Gasteiger partial charge is 0.360 e. The molecule has 0 bridgehead atoms. The Morgan fingerprint density at radius 1 is 0.971 bits per heavy atom. The predicted molar refractivity (Wildman–Crippen MR) is 135 cm³/mol. The molecule has 0 radical (unpaired) electrons. The molecule has 180 valence electrons. The number of para-hydroxylation sites is 2. The number of aryl methyl sites for hydroxylation is 1. The molecule has 1 saturated heterocycles. The summed E-state index contributed by atoms with van der Waals surface area (Å²) in [6.45, 7) is 2.94. The van der Waals surface area contributed by atoms with Crippen LogP contribution in [0.4, 0.5) is 0 Å². The van der Waals surface area contributed by atoms with Gasteiger partial charge in [-0.25, -0.2) is 4.79 Å². The van der Waals surface area contributed by atoms with Crippen LogP contribution < -0.4 is 5.69 Å². The van der Waals surface area contributed by atoms with Gasteiger partial charge in [0.1, 0.15) is 11.5 Å². The molecule has 35 heavy (non-hydrogen) atoms. The third-order valence-corrected chi connectivity index (χ3v) is 7.72. The smallest absolute Gasteiger partial charge is 0.326 e. The van der Waals surface area contributed by atoms with E-state index < -0.39 is 0 Å². The SMILES string of the molecule is O=C1c2c(-c3ccccc3)noc2CCC1CCCN1CCC(n2c(=O)[nH]c3ccccc32)CC1. The van der Waals surface area contributed by atoms with Crippen LogP contribution in [0, 0.1) is 5.92 Å². The number of carbonyl (C=O) groups excluding carboxylic acids is 1. The highest BCUT2D eigenvalue weighted by Gasteiger charge is 2.34. The molecule has 0 amide bonds. The summed E-state index contributed by atoms with van der Waals surface area (Å²) < 4.78 is 7.47. The van der Waals surface area contributed by atoms with Crippen LogP contribution in [0.2, 0.25) is 0 Å². The van der Waals surface area contributed by atoms with Crippen molar-refractivity contribution >= 4 is 16.8 Å². The summed E-state index contributed by atoms with van der Waals surface area (Å²) in [6, 6.07) is 18.0. The summed E-state index contributed by atoms with van der Waals surface area (Å²) in [7, 11) is 0. The number of likely N-dealkylation sites (tertiary alicyclic amines) is 1. The van der Waals surface area contributed by atoms with E-state index in [1.807, 2.05) is 59.2 Å². The number of H-pyrrole nitrogens is 1. The van der Waals surface area contributed by atoms with E-state index in [9.17, 15) is 9.59 Å². The maximum atomic E-state index is 13.3. The standard InChI is InChI=1S/C28H30N4O3/c33-27-20(12-13-24-25(27)26(30-35-24)19-7-2-1-3-8-19)9-6-16-31-17-14-21(15-18-31)32-23-11-5-4-10-22(23)29-28(32)34/h1-5,7-8,10-11,20-21H,6,9,12-18H2,(H,29,34). The molecule has 1 atom stereocenters. The number of carbonyl (C=O) groups is 1. The second-order valence-corrected chi connectivity index (χ2v) is 9.83. The second-order valence-electron chi connectivity index (χ2n) is 9.83. The highest BCUT2D eigenvalue weighted by atomic mass is 16.5. The summed E-state index contributed by atoms with van der Waals surface area (Å²) in [5.41, 5.74) is 4.20. The van der Waals surface area contributed by atoms with Gasteiger partial charge in [-0.1, -0.05) is 47.6 Å². The fourth-order valence-corrected chi connectivity index (χ4v) is 5.86. The zero-order chi connectivity index (χ0) is 23.8. The maximum Gasteiger partial charge on any atom is 0.326 e. The van der Waals surface area contributed by atoms with Crippen LogP contribution in [0.5, 0.6) is 0 Å². The van der Waals surface area contributed by atoms with Gasteiger partial charge in [0.15, 0.2) is 5.78 Å². The molecular weight excluding hydrogens is 440 g/mol. The first kappa shape index (κ1) is 22.0. The molecule has 2 aromatic heterocycles. The summed E-state index contributed by atoms with van der Waals surface area (Å²) >= 11 is 0. The van der Waals surface area contributed by atoms with Crippen molar-refractivity contribution in [2.45, 2.75) is 44.6 Å². The highest BCUT2D eigenvalue weighted by molar-refractivity contribution is 6.04. The lowest BCUT2D eigenvalue weighted by Crippen LogP contribution is -2.37. The average Bonchev–Trinajstić information content (AvgIpc) is 3.47. The summed E-state index contributed by atoms with van der Waals surface area (Å²) in [6.07, 6.45) is 5.43. The predicted octanol–water partition coefficient (Wildman–Crippen LogP) is 4.85. The van der Waals surface area contributed by atoms with E-state index in [1.165, 1.54) is 0 Å². The van der Waals surface area contributed by atoms with Gasteiger partial charge >= 0.3 is 5.69 Å². The third kappa shape index (κ3) is 4.14. The number of Topliss-reactive ketones (excluding diaryl/α,β-unsaturated/α-hetero) is 1. The number of rotatable bonds is 6. The van der Waals surface area contributed by atoms with Crippen molar-refractivity contribution in [1.29, 1.82) is 0 Å². The van der Waals surface area contributed by atoms with Gasteiger partial charge in [-0.05, 0) is 50.8 Å². The number of hydrogen-bond acceptors (Lipinski definition) is 5. The number of fused-ring (bicyclic) bond motifs is 2. The fourth-order valence-electron chi connectivity index (χ4n) is 5.86. The quantitative estimate of drug-likeness (QED) is 0.436. The molecule has 1 unspecified atom stereocenters. The summed E-state index contributed by atoms with van der Waals surface area (Å²) in [5, 5.41) is 4.23. The monoisotopic (exact) mass is 470 g/mol. The molecule has 2 aliphatic rings. The van der Waals surface area contributed by atoms with Crippen molar-refractivity contribution in [2.75, 3.05) is 19.6 Å². The molecule has 2 aromatic carbocycles. The molecule has 1 fully saturated rings. The molecule has 0 saturated carbocycles. The van der Waals surface area contributed by atoms with Crippen molar-refractivity contribution < 1.29 is 9.32 Å². The first-order valence-electron chi connectivity index (χ1n) is 12.7. The van der Waals surface area contributed by atoms with Gasteiger partial charge in [-0.2, -0.15) is 0 Å². The first-order valence-corrected chi connectivity index (χ1v) is 12.7. The minimum absolute atomic E-state index is 0.0107. The van der Waals surface area contributed by atoms with Crippen molar-refractivity contribution in [3.8, 4) is 11.3 Å². The number of benzene rings is 2. The van der Waals surface area contributed by atoms with Crippen molar-refractivity contribution in [1.82, 2.24) is 19.6 Å². The van der Waals surface area contributed by atoms with Gasteiger partial charge < -0.3 is 14.4 Å². The van der Waals surface area contributed by atoms with Crippen LogP contribution in [0.3, 0.4) is 0 Å². The lowest BCUT2D eigenvalue weighted by atomic mass is 9.82. The van der Waals surface area contributed by atoms with E-state index in [0.29, 0.717) is 11.3 Å². The highest BCUT2D eigenvalue weighted by Crippen LogP contribution is 2.35. The van der Waals surface area contributed by atoms with Crippen LogP contribution in [0.25, 0.3) is 22.3 Å². The van der Waals surface area contributed by atoms with Crippen LogP contribution >= 0.6 is 0 Å². The molecule has 1 aliphatic heterocycles. The zero-order valence-corrected chi connectivity index (χ0v) is 19.8. The Hall–Kier alpha value is -3.45. The van der Waals surface area contributed by atoms with Crippen LogP contribution in [0.15, 0.2) is 63.9 Å². The Labute approximate surface area is 203 Å². The van der Waals surface area contributed by atoms with Crippen molar-refractivity contribution in [2.24, 2.45) is 5.92 Å². The van der Waals surface area contributed by atoms with Gasteiger partial charge in [0.2, 0.25) is 0 Å². The Morgan fingerprint density at radius 2 is 1.74 bits per heavy atom. The van der Waals surface area contributed by atoms with Gasteiger partial charge in [0.05, 0.1) is 16.6 Å². The Balaban J connectivity index is 1.04. The lowest BCUT2D eigenvalue weighted by molar-refractivity contribution is 0.0882. The van der Waals surface area contributed by atoms with E-state index in [4.69, 9.17) is 4.52 Å². The number of hydrogen-bond donors (Lipinski definition) is 1. The number of nitrogens with zero attached hydrogens (tertiary/aromatic N) is 3. The third-order valence-electron chi connectivity index (χ3n) is 7.72. The Morgan fingerprint density at radius 3 is 2.57 bits per heavy atom. The second kappa shape index (κ2) is 9.30. The van der Waals surface area contributed by atoms with Gasteiger partial charge in [-0.15, -0.1) is 0 Å². The van der Waals surface area contributed by atoms with E-state index in [2.05, 4.69) is 15.0 Å². The number of aromatic amines is 1. The molecule has 7 nitrogen and oxygen atoms in total. The van der Waals surface area contributed by atoms with E-state index >= 15 is 0 Å². The molecule has 7 heteroatoms. The molecule has 4 aromatic rings. The van der Waals surface area contributed by atoms with Gasteiger partial charge in [-0.3, -0.25) is 9.36 Å². The summed E-state index contributed by atoms with van der Waals surface area (Å²) in [4.78, 5) is 31.3. The van der Waals surface area contributed by atoms with Crippen molar-refractivity contribution in [3.63, 3.8) is 0 Å². The molecule has 1 N–H and O–H groups in total. The fraction of sp³-hybridized carbons (Fsp3) is 0.393. The van der Waals surface area contributed by atoms with Crippen LogP contribution in [-0.2, 0) is 6.42 Å². The zero-order valence-electron chi connectivity index (χ0n) is 19.8. The minimum Gasteiger partial charge on any atom is -0.360 e. The van der Waals surface area contributed by atoms with Gasteiger partial charge in [0, 0.05) is 37.0 Å². The van der Waals surface area contributed by atoms with E-state index in [-0.39, 0.29) is 23.4 Å².